The van der Waals surface area contributed by atoms with E-state index in [-0.39, 0.29) is 16.4 Å². The molecule has 4 aromatic carbocycles. The molecular formula is C35H30N2O3. The molecule has 2 aliphatic rings. The first-order valence-electron chi connectivity index (χ1n) is 13.4. The highest BCUT2D eigenvalue weighted by molar-refractivity contribution is 6.10. The molecule has 198 valence electrons. The third-order valence-electron chi connectivity index (χ3n) is 8.75. The summed E-state index contributed by atoms with van der Waals surface area (Å²) in [4.78, 5) is 28.4. The van der Waals surface area contributed by atoms with Crippen molar-refractivity contribution in [1.82, 2.24) is 0 Å². The summed E-state index contributed by atoms with van der Waals surface area (Å²) in [5, 5.41) is 11.8. The summed E-state index contributed by atoms with van der Waals surface area (Å²) >= 11 is 0. The fourth-order valence-corrected chi connectivity index (χ4v) is 6.73. The molecule has 6 rings (SSSR count). The highest BCUT2D eigenvalue weighted by Gasteiger charge is 2.62. The largest absolute Gasteiger partial charge is 0.363 e. The van der Waals surface area contributed by atoms with Crippen molar-refractivity contribution in [2.45, 2.75) is 24.8 Å². The molecule has 0 saturated heterocycles. The number of non-ortho nitro benzene ring substituents is 1. The highest BCUT2D eigenvalue weighted by Crippen LogP contribution is 2.60. The fraction of sp³-hybridized carbons (Fsp3) is 0.171. The van der Waals surface area contributed by atoms with E-state index in [2.05, 4.69) is 55.2 Å². The average molecular weight is 527 g/mol. The van der Waals surface area contributed by atoms with Gasteiger partial charge in [-0.1, -0.05) is 105 Å². The number of carbonyl (C=O) groups excluding carboxylic acids is 1. The van der Waals surface area contributed by atoms with E-state index in [0.717, 1.165) is 33.5 Å². The number of allylic oxidation sites excluding steroid dienone is 2. The van der Waals surface area contributed by atoms with Gasteiger partial charge in [0.05, 0.1) is 16.4 Å². The van der Waals surface area contributed by atoms with Crippen LogP contribution in [0.15, 0.2) is 121 Å². The summed E-state index contributed by atoms with van der Waals surface area (Å²) in [5.41, 5.74) is 4.86. The Labute approximate surface area is 234 Å². The van der Waals surface area contributed by atoms with E-state index in [1.165, 1.54) is 0 Å². The number of carbonyl (C=O) groups is 1. The van der Waals surface area contributed by atoms with Crippen LogP contribution < -0.4 is 4.90 Å². The minimum absolute atomic E-state index is 0.0151. The van der Waals surface area contributed by atoms with Gasteiger partial charge in [-0.15, -0.1) is 0 Å². The zero-order valence-electron chi connectivity index (χ0n) is 22.7. The SMILES string of the molecule is CN1c2ccc([N+](=O)[O-])cc2C(C)(C)[C@@]12C=C(c1ccccc1)C=C(c1ccccc1)[C@H]2C(=O)c1ccccc1. The predicted octanol–water partition coefficient (Wildman–Crippen LogP) is 7.74. The second-order valence-corrected chi connectivity index (χ2v) is 11.1. The maximum Gasteiger partial charge on any atom is 0.269 e. The zero-order valence-corrected chi connectivity index (χ0v) is 22.7. The van der Waals surface area contributed by atoms with Crippen LogP contribution in [0.5, 0.6) is 0 Å². The van der Waals surface area contributed by atoms with E-state index < -0.39 is 16.9 Å². The molecule has 0 unspecified atom stereocenters. The lowest BCUT2D eigenvalue weighted by molar-refractivity contribution is -0.384. The average Bonchev–Trinajstić information content (AvgIpc) is 3.15. The van der Waals surface area contributed by atoms with E-state index in [0.29, 0.717) is 5.56 Å². The molecule has 0 aromatic heterocycles. The van der Waals surface area contributed by atoms with Crippen molar-refractivity contribution in [3.05, 3.63) is 154 Å². The number of benzene rings is 4. The molecule has 0 fully saturated rings. The molecule has 1 spiro atoms. The van der Waals surface area contributed by atoms with Gasteiger partial charge in [-0.25, -0.2) is 0 Å². The quantitative estimate of drug-likeness (QED) is 0.152. The number of rotatable bonds is 5. The van der Waals surface area contributed by atoms with E-state index >= 15 is 0 Å². The second-order valence-electron chi connectivity index (χ2n) is 11.1. The molecule has 0 N–H and O–H groups in total. The molecule has 4 aromatic rings. The number of nitro groups is 1. The van der Waals surface area contributed by atoms with Gasteiger partial charge in [-0.05, 0) is 46.1 Å². The number of hydrogen-bond donors (Lipinski definition) is 0. The van der Waals surface area contributed by atoms with E-state index in [1.807, 2.05) is 79.8 Å². The van der Waals surface area contributed by atoms with Crippen molar-refractivity contribution in [3.63, 3.8) is 0 Å². The summed E-state index contributed by atoms with van der Waals surface area (Å²) in [5.74, 6) is -0.572. The first kappa shape index (κ1) is 25.5. The van der Waals surface area contributed by atoms with Crippen molar-refractivity contribution in [1.29, 1.82) is 0 Å². The van der Waals surface area contributed by atoms with Crippen LogP contribution in [-0.2, 0) is 5.41 Å². The Balaban J connectivity index is 1.69. The first-order valence-corrected chi connectivity index (χ1v) is 13.4. The third-order valence-corrected chi connectivity index (χ3v) is 8.75. The highest BCUT2D eigenvalue weighted by atomic mass is 16.6. The molecule has 0 amide bonds. The zero-order chi connectivity index (χ0) is 28.1. The van der Waals surface area contributed by atoms with Crippen LogP contribution in [0, 0.1) is 16.0 Å². The number of likely N-dealkylation sites (N-methyl/N-ethyl adjacent to an activating group) is 1. The fourth-order valence-electron chi connectivity index (χ4n) is 6.73. The van der Waals surface area contributed by atoms with Gasteiger partial charge in [0, 0.05) is 35.8 Å². The van der Waals surface area contributed by atoms with Gasteiger partial charge < -0.3 is 4.90 Å². The number of anilines is 1. The monoisotopic (exact) mass is 526 g/mol. The van der Waals surface area contributed by atoms with E-state index in [9.17, 15) is 14.9 Å². The minimum Gasteiger partial charge on any atom is -0.363 e. The predicted molar refractivity (Wildman–Crippen MR) is 160 cm³/mol. The first-order chi connectivity index (χ1) is 19.3. The lowest BCUT2D eigenvalue weighted by Gasteiger charge is -2.52. The molecule has 1 aliphatic carbocycles. The molecule has 1 heterocycles. The standard InChI is InChI=1S/C35H30N2O3/c1-34(2)30-22-28(37(39)40)19-20-31(30)36(3)35(34)23-27(24-13-7-4-8-14-24)21-29(25-15-9-5-10-16-25)32(35)33(38)26-17-11-6-12-18-26/h4-23,32H,1-3H3/t32-,35-/m0/s1. The van der Waals surface area contributed by atoms with E-state index in [4.69, 9.17) is 0 Å². The molecule has 0 bridgehead atoms. The third kappa shape index (κ3) is 3.73. The van der Waals surface area contributed by atoms with Crippen LogP contribution in [0.2, 0.25) is 0 Å². The maximum atomic E-state index is 14.7. The van der Waals surface area contributed by atoms with Crippen molar-refractivity contribution < 1.29 is 9.72 Å². The van der Waals surface area contributed by atoms with Gasteiger partial charge in [0.2, 0.25) is 0 Å². The molecular weight excluding hydrogens is 496 g/mol. The molecule has 5 nitrogen and oxygen atoms in total. The summed E-state index contributed by atoms with van der Waals surface area (Å²) in [7, 11) is 2.01. The van der Waals surface area contributed by atoms with Crippen LogP contribution in [0.1, 0.15) is 40.9 Å². The van der Waals surface area contributed by atoms with Crippen LogP contribution in [0.3, 0.4) is 0 Å². The van der Waals surface area contributed by atoms with Gasteiger partial charge in [0.1, 0.15) is 0 Å². The topological polar surface area (TPSA) is 63.4 Å². The van der Waals surface area contributed by atoms with Crippen LogP contribution in [0.25, 0.3) is 11.1 Å². The summed E-state index contributed by atoms with van der Waals surface area (Å²) < 4.78 is 0. The number of nitro benzene ring substituents is 1. The number of ketones is 1. The van der Waals surface area contributed by atoms with Gasteiger partial charge in [-0.2, -0.15) is 0 Å². The minimum atomic E-state index is -0.859. The molecule has 1 aliphatic heterocycles. The van der Waals surface area contributed by atoms with Gasteiger partial charge in [0.15, 0.2) is 5.78 Å². The smallest absolute Gasteiger partial charge is 0.269 e. The van der Waals surface area contributed by atoms with Crippen LogP contribution >= 0.6 is 0 Å². The van der Waals surface area contributed by atoms with Gasteiger partial charge >= 0.3 is 0 Å². The van der Waals surface area contributed by atoms with Crippen molar-refractivity contribution >= 4 is 28.3 Å². The van der Waals surface area contributed by atoms with Crippen molar-refractivity contribution in [2.24, 2.45) is 5.92 Å². The summed E-state index contributed by atoms with van der Waals surface area (Å²) in [6, 6.07) is 34.8. The molecule has 0 radical (unpaired) electrons. The Hall–Kier alpha value is -4.77. The Kier molecular flexibility index (Phi) is 6.03. The van der Waals surface area contributed by atoms with E-state index in [1.54, 1.807) is 12.1 Å². The lowest BCUT2D eigenvalue weighted by atomic mass is 9.57. The normalized spacial score (nSPS) is 21.0. The number of hydrogen-bond acceptors (Lipinski definition) is 4. The molecule has 40 heavy (non-hydrogen) atoms. The lowest BCUT2D eigenvalue weighted by Crippen LogP contribution is -2.61. The second kappa shape index (κ2) is 9.45. The molecule has 5 heteroatoms. The van der Waals surface area contributed by atoms with Gasteiger partial charge in [0.25, 0.3) is 5.69 Å². The van der Waals surface area contributed by atoms with Crippen molar-refractivity contribution in [3.8, 4) is 0 Å². The van der Waals surface area contributed by atoms with Crippen LogP contribution in [0.4, 0.5) is 11.4 Å². The number of fused-ring (bicyclic) bond motifs is 1. The maximum absolute atomic E-state index is 14.7. The molecule has 0 saturated carbocycles. The van der Waals surface area contributed by atoms with Gasteiger partial charge in [-0.3, -0.25) is 14.9 Å². The van der Waals surface area contributed by atoms with Crippen LogP contribution in [-0.4, -0.2) is 23.3 Å². The number of nitrogens with zero attached hydrogens (tertiary/aromatic N) is 2. The summed E-state index contributed by atoms with van der Waals surface area (Å²) in [6.45, 7) is 4.22. The Morgan fingerprint density at radius 2 is 1.40 bits per heavy atom. The summed E-state index contributed by atoms with van der Waals surface area (Å²) in [6.07, 6.45) is 4.38. The molecule has 2 atom stereocenters. The Bertz CT molecular complexity index is 1670. The Morgan fingerprint density at radius 1 is 0.825 bits per heavy atom. The number of Topliss-reactive ketones (excluding diaryl/α,β-unsaturated/α-hetero) is 1. The van der Waals surface area contributed by atoms with Crippen molar-refractivity contribution in [2.75, 3.05) is 11.9 Å². The Morgan fingerprint density at radius 3 is 2.00 bits per heavy atom.